The number of rotatable bonds is 6. The molecule has 0 saturated carbocycles. The average Bonchev–Trinajstić information content (AvgIpc) is 3.12. The van der Waals surface area contributed by atoms with Crippen molar-refractivity contribution < 1.29 is 13.9 Å². The van der Waals surface area contributed by atoms with Crippen molar-refractivity contribution in [2.75, 3.05) is 12.4 Å². The molecule has 6 heteroatoms. The molecule has 0 fully saturated rings. The zero-order chi connectivity index (χ0) is 18.5. The van der Waals surface area contributed by atoms with Crippen molar-refractivity contribution >= 4 is 11.6 Å². The standard InChI is InChI=1S/C20H21N3O3/c1-13-4-7-16(12-14(13)2)21-18(24)10-11-19-22-23-20(26-19)15-5-8-17(25-3)9-6-15/h4-9,12H,10-11H2,1-3H3,(H,21,24). The maximum Gasteiger partial charge on any atom is 0.247 e. The highest BCUT2D eigenvalue weighted by Gasteiger charge is 2.11. The molecule has 1 N–H and O–H groups in total. The first-order valence-electron chi connectivity index (χ1n) is 8.39. The molecule has 0 saturated heterocycles. The van der Waals surface area contributed by atoms with Crippen molar-refractivity contribution in [1.82, 2.24) is 10.2 Å². The van der Waals surface area contributed by atoms with E-state index in [9.17, 15) is 4.79 Å². The number of hydrogen-bond donors (Lipinski definition) is 1. The van der Waals surface area contributed by atoms with Gasteiger partial charge in [0, 0.05) is 24.1 Å². The number of aromatic nitrogens is 2. The Kier molecular flexibility index (Phi) is 5.31. The van der Waals surface area contributed by atoms with Gasteiger partial charge in [0.1, 0.15) is 5.75 Å². The maximum absolute atomic E-state index is 12.1. The Morgan fingerprint density at radius 1 is 1.08 bits per heavy atom. The highest BCUT2D eigenvalue weighted by atomic mass is 16.5. The largest absolute Gasteiger partial charge is 0.497 e. The molecule has 0 aliphatic carbocycles. The summed E-state index contributed by atoms with van der Waals surface area (Å²) in [5.41, 5.74) is 3.94. The SMILES string of the molecule is COc1ccc(-c2nnc(CCC(=O)Nc3ccc(C)c(C)c3)o2)cc1. The monoisotopic (exact) mass is 351 g/mol. The number of hydrogen-bond acceptors (Lipinski definition) is 5. The number of benzene rings is 2. The lowest BCUT2D eigenvalue weighted by Crippen LogP contribution is -2.12. The van der Waals surface area contributed by atoms with Gasteiger partial charge in [-0.2, -0.15) is 0 Å². The van der Waals surface area contributed by atoms with Gasteiger partial charge in [0.25, 0.3) is 0 Å². The molecule has 3 rings (SSSR count). The Balaban J connectivity index is 1.56. The van der Waals surface area contributed by atoms with Crippen molar-refractivity contribution in [2.24, 2.45) is 0 Å². The van der Waals surface area contributed by atoms with Gasteiger partial charge in [0.05, 0.1) is 7.11 Å². The zero-order valence-corrected chi connectivity index (χ0v) is 15.1. The van der Waals surface area contributed by atoms with E-state index in [4.69, 9.17) is 9.15 Å². The van der Waals surface area contributed by atoms with Crippen molar-refractivity contribution in [1.29, 1.82) is 0 Å². The molecule has 2 aromatic carbocycles. The van der Waals surface area contributed by atoms with E-state index in [2.05, 4.69) is 15.5 Å². The van der Waals surface area contributed by atoms with E-state index in [1.54, 1.807) is 7.11 Å². The third kappa shape index (κ3) is 4.27. The minimum Gasteiger partial charge on any atom is -0.497 e. The van der Waals surface area contributed by atoms with Gasteiger partial charge >= 0.3 is 0 Å². The first-order valence-corrected chi connectivity index (χ1v) is 8.39. The van der Waals surface area contributed by atoms with Crippen LogP contribution in [-0.2, 0) is 11.2 Å². The summed E-state index contributed by atoms with van der Waals surface area (Å²) in [6.45, 7) is 4.06. The van der Waals surface area contributed by atoms with E-state index < -0.39 is 0 Å². The van der Waals surface area contributed by atoms with Crippen LogP contribution in [0, 0.1) is 13.8 Å². The summed E-state index contributed by atoms with van der Waals surface area (Å²) in [6, 6.07) is 13.2. The van der Waals surface area contributed by atoms with Crippen molar-refractivity contribution in [3.05, 3.63) is 59.5 Å². The molecular formula is C20H21N3O3. The summed E-state index contributed by atoms with van der Waals surface area (Å²) < 4.78 is 10.8. The van der Waals surface area contributed by atoms with Gasteiger partial charge in [-0.25, -0.2) is 0 Å². The zero-order valence-electron chi connectivity index (χ0n) is 15.1. The second kappa shape index (κ2) is 7.82. The highest BCUT2D eigenvalue weighted by molar-refractivity contribution is 5.90. The molecule has 0 unspecified atom stereocenters. The minimum absolute atomic E-state index is 0.0857. The van der Waals surface area contributed by atoms with E-state index >= 15 is 0 Å². The van der Waals surface area contributed by atoms with Gasteiger partial charge in [0.15, 0.2) is 0 Å². The van der Waals surface area contributed by atoms with Crippen LogP contribution in [0.5, 0.6) is 5.75 Å². The normalized spacial score (nSPS) is 10.6. The summed E-state index contributed by atoms with van der Waals surface area (Å²) in [5, 5.41) is 10.9. The number of carbonyl (C=O) groups excluding carboxylic acids is 1. The Morgan fingerprint density at radius 2 is 1.85 bits per heavy atom. The number of ether oxygens (including phenoxy) is 1. The first-order chi connectivity index (χ1) is 12.5. The number of anilines is 1. The number of amides is 1. The van der Waals surface area contributed by atoms with Crippen LogP contribution in [0.4, 0.5) is 5.69 Å². The molecular weight excluding hydrogens is 330 g/mol. The topological polar surface area (TPSA) is 77.2 Å². The molecule has 0 radical (unpaired) electrons. The number of carbonyl (C=O) groups is 1. The molecule has 0 spiro atoms. The van der Waals surface area contributed by atoms with Gasteiger partial charge < -0.3 is 14.5 Å². The second-order valence-corrected chi connectivity index (χ2v) is 6.08. The quantitative estimate of drug-likeness (QED) is 0.728. The van der Waals surface area contributed by atoms with Crippen molar-refractivity contribution in [2.45, 2.75) is 26.7 Å². The Morgan fingerprint density at radius 3 is 2.54 bits per heavy atom. The second-order valence-electron chi connectivity index (χ2n) is 6.08. The predicted octanol–water partition coefficient (Wildman–Crippen LogP) is 3.93. The summed E-state index contributed by atoms with van der Waals surface area (Å²) in [6.07, 6.45) is 0.664. The van der Waals surface area contributed by atoms with Crippen LogP contribution in [-0.4, -0.2) is 23.2 Å². The molecule has 0 aliphatic rings. The van der Waals surface area contributed by atoms with E-state index in [0.717, 1.165) is 22.6 Å². The van der Waals surface area contributed by atoms with E-state index in [0.29, 0.717) is 18.2 Å². The Hall–Kier alpha value is -3.15. The molecule has 3 aromatic rings. The fraction of sp³-hybridized carbons (Fsp3) is 0.250. The summed E-state index contributed by atoms with van der Waals surface area (Å²) in [7, 11) is 1.61. The van der Waals surface area contributed by atoms with Crippen LogP contribution >= 0.6 is 0 Å². The lowest BCUT2D eigenvalue weighted by Gasteiger charge is -2.07. The number of nitrogens with one attached hydrogen (secondary N) is 1. The third-order valence-electron chi connectivity index (χ3n) is 4.16. The lowest BCUT2D eigenvalue weighted by molar-refractivity contribution is -0.116. The number of nitrogens with zero attached hydrogens (tertiary/aromatic N) is 2. The average molecular weight is 351 g/mol. The predicted molar refractivity (Wildman–Crippen MR) is 99.2 cm³/mol. The number of methoxy groups -OCH3 is 1. The molecule has 134 valence electrons. The molecule has 0 aliphatic heterocycles. The maximum atomic E-state index is 12.1. The van der Waals surface area contributed by atoms with E-state index in [1.807, 2.05) is 56.3 Å². The Labute approximate surface area is 152 Å². The molecule has 1 amide bonds. The first kappa shape index (κ1) is 17.7. The van der Waals surface area contributed by atoms with E-state index in [-0.39, 0.29) is 12.3 Å². The fourth-order valence-electron chi connectivity index (χ4n) is 2.47. The van der Waals surface area contributed by atoms with Crippen molar-refractivity contribution in [3.63, 3.8) is 0 Å². The van der Waals surface area contributed by atoms with Crippen LogP contribution in [0.1, 0.15) is 23.4 Å². The molecule has 1 aromatic heterocycles. The molecule has 0 bridgehead atoms. The minimum atomic E-state index is -0.0857. The van der Waals surface area contributed by atoms with Crippen LogP contribution in [0.25, 0.3) is 11.5 Å². The van der Waals surface area contributed by atoms with Crippen LogP contribution in [0.3, 0.4) is 0 Å². The highest BCUT2D eigenvalue weighted by Crippen LogP contribution is 2.21. The molecule has 1 heterocycles. The van der Waals surface area contributed by atoms with Crippen LogP contribution in [0.2, 0.25) is 0 Å². The third-order valence-corrected chi connectivity index (χ3v) is 4.16. The Bertz CT molecular complexity index is 901. The molecule has 26 heavy (non-hydrogen) atoms. The van der Waals surface area contributed by atoms with Gasteiger partial charge in [-0.05, 0) is 61.4 Å². The summed E-state index contributed by atoms with van der Waals surface area (Å²) in [4.78, 5) is 12.1. The van der Waals surface area contributed by atoms with Crippen LogP contribution in [0.15, 0.2) is 46.9 Å². The summed E-state index contributed by atoms with van der Waals surface area (Å²) in [5.74, 6) is 1.54. The molecule has 6 nitrogen and oxygen atoms in total. The smallest absolute Gasteiger partial charge is 0.247 e. The van der Waals surface area contributed by atoms with Gasteiger partial charge in [-0.3, -0.25) is 4.79 Å². The number of aryl methyl sites for hydroxylation is 3. The lowest BCUT2D eigenvalue weighted by atomic mass is 10.1. The van der Waals surface area contributed by atoms with Gasteiger partial charge in [0.2, 0.25) is 17.7 Å². The van der Waals surface area contributed by atoms with Gasteiger partial charge in [-0.15, -0.1) is 10.2 Å². The van der Waals surface area contributed by atoms with E-state index in [1.165, 1.54) is 5.56 Å². The fourth-order valence-corrected chi connectivity index (χ4v) is 2.47. The van der Waals surface area contributed by atoms with Gasteiger partial charge in [-0.1, -0.05) is 6.07 Å². The summed E-state index contributed by atoms with van der Waals surface area (Å²) >= 11 is 0. The van der Waals surface area contributed by atoms with Crippen LogP contribution < -0.4 is 10.1 Å². The van der Waals surface area contributed by atoms with Crippen molar-refractivity contribution in [3.8, 4) is 17.2 Å². The molecule has 0 atom stereocenters.